The van der Waals surface area contributed by atoms with Gasteiger partial charge in [0.1, 0.15) is 0 Å². The lowest BCUT2D eigenvalue weighted by Gasteiger charge is -2.44. The molecule has 1 fully saturated rings. The maximum atomic E-state index is 10.9. The zero-order chi connectivity index (χ0) is 16.6. The lowest BCUT2D eigenvalue weighted by molar-refractivity contribution is 0.0848. The number of fused-ring (bicyclic) bond motifs is 2. The van der Waals surface area contributed by atoms with Gasteiger partial charge in [-0.15, -0.1) is 0 Å². The summed E-state index contributed by atoms with van der Waals surface area (Å²) < 4.78 is 35.0. The molecule has 0 radical (unpaired) electrons. The van der Waals surface area contributed by atoms with E-state index in [-0.39, 0.29) is 11.5 Å². The van der Waals surface area contributed by atoms with Gasteiger partial charge in [-0.25, -0.2) is 0 Å². The number of rotatable bonds is 4. The first-order valence-corrected chi connectivity index (χ1v) is 9.50. The van der Waals surface area contributed by atoms with E-state index in [1.54, 1.807) is 6.07 Å². The Hall–Kier alpha value is -1.31. The standard InChI is InChI=1S/C16H23NO5S/c1-2-7-17-8-3-4-12-9-13-11(10-14(12)17)5-6-15(16(13)18)22-23(19,20)21/h5-6,12,14,18H,2-4,7-10H2,1H3,(H,19,20,21). The van der Waals surface area contributed by atoms with Crippen molar-refractivity contribution in [3.8, 4) is 11.5 Å². The van der Waals surface area contributed by atoms with Gasteiger partial charge in [-0.05, 0) is 62.7 Å². The van der Waals surface area contributed by atoms with Gasteiger partial charge in [0.15, 0.2) is 11.5 Å². The van der Waals surface area contributed by atoms with Crippen LogP contribution in [0, 0.1) is 5.92 Å². The summed E-state index contributed by atoms with van der Waals surface area (Å²) in [6.07, 6.45) is 4.97. The maximum absolute atomic E-state index is 10.9. The van der Waals surface area contributed by atoms with Gasteiger partial charge >= 0.3 is 10.4 Å². The zero-order valence-electron chi connectivity index (χ0n) is 13.2. The van der Waals surface area contributed by atoms with Gasteiger partial charge in [0.05, 0.1) is 0 Å². The summed E-state index contributed by atoms with van der Waals surface area (Å²) in [5, 5.41) is 10.3. The second kappa shape index (κ2) is 6.30. The van der Waals surface area contributed by atoms with Crippen LogP contribution in [-0.2, 0) is 23.2 Å². The number of aromatic hydroxyl groups is 1. The Bertz CT molecular complexity index is 686. The molecule has 1 heterocycles. The summed E-state index contributed by atoms with van der Waals surface area (Å²) in [7, 11) is -4.63. The number of likely N-dealkylation sites (tertiary alicyclic amines) is 1. The quantitative estimate of drug-likeness (QED) is 0.816. The van der Waals surface area contributed by atoms with Crippen LogP contribution in [-0.4, -0.2) is 42.1 Å². The molecule has 1 aromatic rings. The fraction of sp³-hybridized carbons (Fsp3) is 0.625. The molecule has 0 amide bonds. The summed E-state index contributed by atoms with van der Waals surface area (Å²) in [5.74, 6) is 0.104. The predicted octanol–water partition coefficient (Wildman–Crippen LogP) is 2.16. The minimum Gasteiger partial charge on any atom is -0.504 e. The van der Waals surface area contributed by atoms with Crippen molar-refractivity contribution in [2.75, 3.05) is 13.1 Å². The molecule has 6 nitrogen and oxygen atoms in total. The van der Waals surface area contributed by atoms with E-state index in [0.717, 1.165) is 49.9 Å². The number of phenols is 1. The van der Waals surface area contributed by atoms with Crippen LogP contribution in [0.25, 0.3) is 0 Å². The monoisotopic (exact) mass is 341 g/mol. The fourth-order valence-electron chi connectivity index (χ4n) is 4.06. The van der Waals surface area contributed by atoms with Crippen molar-refractivity contribution in [3.05, 3.63) is 23.3 Å². The van der Waals surface area contributed by atoms with E-state index in [9.17, 15) is 13.5 Å². The van der Waals surface area contributed by atoms with Crippen LogP contribution in [0.3, 0.4) is 0 Å². The Morgan fingerprint density at radius 2 is 2.13 bits per heavy atom. The molecule has 1 saturated heterocycles. The van der Waals surface area contributed by atoms with Crippen LogP contribution in [0.1, 0.15) is 37.3 Å². The summed E-state index contributed by atoms with van der Waals surface area (Å²) in [6, 6.07) is 3.70. The molecule has 23 heavy (non-hydrogen) atoms. The Morgan fingerprint density at radius 1 is 1.35 bits per heavy atom. The zero-order valence-corrected chi connectivity index (χ0v) is 14.1. The van der Waals surface area contributed by atoms with Crippen molar-refractivity contribution < 1.29 is 22.3 Å². The average molecular weight is 341 g/mol. The Kier molecular flexibility index (Phi) is 4.53. The van der Waals surface area contributed by atoms with Gasteiger partial charge < -0.3 is 9.29 Å². The molecule has 7 heteroatoms. The van der Waals surface area contributed by atoms with Gasteiger partial charge in [-0.1, -0.05) is 13.0 Å². The second-order valence-electron chi connectivity index (χ2n) is 6.47. The third kappa shape index (κ3) is 3.46. The maximum Gasteiger partial charge on any atom is 0.446 e. The van der Waals surface area contributed by atoms with Crippen LogP contribution in [0.4, 0.5) is 0 Å². The Balaban J connectivity index is 1.90. The van der Waals surface area contributed by atoms with Crippen LogP contribution in [0.2, 0.25) is 0 Å². The molecule has 2 atom stereocenters. The molecule has 2 N–H and O–H groups in total. The highest BCUT2D eigenvalue weighted by atomic mass is 32.3. The van der Waals surface area contributed by atoms with Crippen LogP contribution >= 0.6 is 0 Å². The summed E-state index contributed by atoms with van der Waals surface area (Å²) in [5.41, 5.74) is 1.79. The van der Waals surface area contributed by atoms with Crippen molar-refractivity contribution in [1.82, 2.24) is 4.90 Å². The highest BCUT2D eigenvalue weighted by Crippen LogP contribution is 2.42. The Labute approximate surface area is 137 Å². The van der Waals surface area contributed by atoms with Crippen LogP contribution in [0.5, 0.6) is 11.5 Å². The van der Waals surface area contributed by atoms with Crippen molar-refractivity contribution in [2.24, 2.45) is 5.92 Å². The SMILES string of the molecule is CCCN1CCCC2Cc3c(ccc(OS(=O)(=O)O)c3O)CC21. The molecule has 0 bridgehead atoms. The molecule has 128 valence electrons. The predicted molar refractivity (Wildman–Crippen MR) is 86.1 cm³/mol. The largest absolute Gasteiger partial charge is 0.504 e. The molecular formula is C16H23NO5S. The number of phenolic OH excluding ortho intramolecular Hbond substituents is 1. The summed E-state index contributed by atoms with van der Waals surface area (Å²) >= 11 is 0. The van der Waals surface area contributed by atoms with Crippen molar-refractivity contribution in [3.63, 3.8) is 0 Å². The molecule has 1 aromatic carbocycles. The van der Waals surface area contributed by atoms with E-state index in [1.165, 1.54) is 6.07 Å². The molecule has 0 aromatic heterocycles. The minimum absolute atomic E-state index is 0.161. The third-order valence-corrected chi connectivity index (χ3v) is 5.37. The molecule has 1 aliphatic heterocycles. The van der Waals surface area contributed by atoms with E-state index >= 15 is 0 Å². The highest BCUT2D eigenvalue weighted by molar-refractivity contribution is 7.81. The molecule has 2 aliphatic rings. The van der Waals surface area contributed by atoms with E-state index < -0.39 is 10.4 Å². The molecular weight excluding hydrogens is 318 g/mol. The van der Waals surface area contributed by atoms with Crippen LogP contribution in [0.15, 0.2) is 12.1 Å². The number of benzene rings is 1. The third-order valence-electron chi connectivity index (χ3n) is 4.98. The van der Waals surface area contributed by atoms with Gasteiger partial charge in [0.2, 0.25) is 0 Å². The molecule has 1 aliphatic carbocycles. The van der Waals surface area contributed by atoms with Gasteiger partial charge in [-0.3, -0.25) is 9.45 Å². The van der Waals surface area contributed by atoms with Crippen molar-refractivity contribution in [2.45, 2.75) is 45.1 Å². The van der Waals surface area contributed by atoms with E-state index in [2.05, 4.69) is 16.0 Å². The van der Waals surface area contributed by atoms with Crippen molar-refractivity contribution in [1.29, 1.82) is 0 Å². The first-order valence-electron chi connectivity index (χ1n) is 8.13. The average Bonchev–Trinajstić information content (AvgIpc) is 2.48. The minimum atomic E-state index is -4.63. The van der Waals surface area contributed by atoms with Gasteiger partial charge in [-0.2, -0.15) is 8.42 Å². The smallest absolute Gasteiger partial charge is 0.446 e. The fourth-order valence-corrected chi connectivity index (χ4v) is 4.42. The first-order chi connectivity index (χ1) is 10.9. The summed E-state index contributed by atoms with van der Waals surface area (Å²) in [4.78, 5) is 2.54. The van der Waals surface area contributed by atoms with Gasteiger partial charge in [0.25, 0.3) is 0 Å². The van der Waals surface area contributed by atoms with Crippen molar-refractivity contribution >= 4 is 10.4 Å². The topological polar surface area (TPSA) is 87.1 Å². The summed E-state index contributed by atoms with van der Waals surface area (Å²) in [6.45, 7) is 4.40. The second-order valence-corrected chi connectivity index (χ2v) is 7.50. The van der Waals surface area contributed by atoms with Crippen LogP contribution < -0.4 is 4.18 Å². The van der Waals surface area contributed by atoms with E-state index in [4.69, 9.17) is 4.55 Å². The molecule has 0 saturated carbocycles. The highest BCUT2D eigenvalue weighted by Gasteiger charge is 2.36. The number of piperidine rings is 1. The number of nitrogens with zero attached hydrogens (tertiary/aromatic N) is 1. The first kappa shape index (κ1) is 16.5. The lowest BCUT2D eigenvalue weighted by atomic mass is 9.75. The van der Waals surface area contributed by atoms with Gasteiger partial charge in [0, 0.05) is 11.6 Å². The Morgan fingerprint density at radius 3 is 2.83 bits per heavy atom. The molecule has 0 spiro atoms. The number of hydrogen-bond acceptors (Lipinski definition) is 5. The number of hydrogen-bond donors (Lipinski definition) is 2. The lowest BCUT2D eigenvalue weighted by Crippen LogP contribution is -2.49. The molecule has 3 rings (SSSR count). The van der Waals surface area contributed by atoms with E-state index in [1.807, 2.05) is 0 Å². The van der Waals surface area contributed by atoms with E-state index in [0.29, 0.717) is 18.4 Å². The normalized spacial score (nSPS) is 24.8. The molecule has 2 unspecified atom stereocenters.